The van der Waals surface area contributed by atoms with E-state index >= 15 is 0 Å². The highest BCUT2D eigenvalue weighted by Crippen LogP contribution is 2.34. The molecule has 3 heterocycles. The lowest BCUT2D eigenvalue weighted by Crippen LogP contribution is -2.04. The van der Waals surface area contributed by atoms with Gasteiger partial charge in [0, 0.05) is 18.2 Å². The van der Waals surface area contributed by atoms with Crippen LogP contribution in [-0.2, 0) is 6.42 Å². The SMILES string of the molecule is CCCCc1ncc(-c2c(C)c(-c3ccccn3)nc(N)c2C#N)[nH]1. The number of hydrogen-bond donors (Lipinski definition) is 2. The van der Waals surface area contributed by atoms with Crippen molar-refractivity contribution in [2.75, 3.05) is 5.73 Å². The number of imidazole rings is 1. The zero-order valence-electron chi connectivity index (χ0n) is 14.4. The molecular weight excluding hydrogens is 312 g/mol. The second kappa shape index (κ2) is 7.14. The lowest BCUT2D eigenvalue weighted by Gasteiger charge is -2.13. The number of nitrogen functional groups attached to an aromatic ring is 1. The molecular formula is C19H20N6. The average Bonchev–Trinajstić information content (AvgIpc) is 3.10. The molecule has 0 saturated heterocycles. The molecule has 126 valence electrons. The molecule has 0 unspecified atom stereocenters. The summed E-state index contributed by atoms with van der Waals surface area (Å²) in [4.78, 5) is 16.5. The van der Waals surface area contributed by atoms with Crippen LogP contribution < -0.4 is 5.73 Å². The Morgan fingerprint density at radius 2 is 2.12 bits per heavy atom. The molecule has 3 aromatic rings. The number of aryl methyl sites for hydroxylation is 1. The first-order chi connectivity index (χ1) is 12.2. The smallest absolute Gasteiger partial charge is 0.142 e. The van der Waals surface area contributed by atoms with Crippen molar-refractivity contribution < 1.29 is 0 Å². The fourth-order valence-electron chi connectivity index (χ4n) is 2.86. The molecule has 0 bridgehead atoms. The van der Waals surface area contributed by atoms with E-state index in [1.54, 1.807) is 12.4 Å². The highest BCUT2D eigenvalue weighted by atomic mass is 14.9. The fourth-order valence-corrected chi connectivity index (χ4v) is 2.86. The van der Waals surface area contributed by atoms with Crippen molar-refractivity contribution in [1.29, 1.82) is 5.26 Å². The van der Waals surface area contributed by atoms with Crippen molar-refractivity contribution in [1.82, 2.24) is 19.9 Å². The minimum Gasteiger partial charge on any atom is -0.383 e. The molecule has 0 aliphatic carbocycles. The Morgan fingerprint density at radius 1 is 1.28 bits per heavy atom. The van der Waals surface area contributed by atoms with E-state index in [1.165, 1.54) is 0 Å². The van der Waals surface area contributed by atoms with Crippen LogP contribution in [0.2, 0.25) is 0 Å². The van der Waals surface area contributed by atoms with Gasteiger partial charge in [-0.15, -0.1) is 0 Å². The number of nitrogens with two attached hydrogens (primary N) is 1. The number of nitrogens with zero attached hydrogens (tertiary/aromatic N) is 4. The second-order valence-electron chi connectivity index (χ2n) is 5.89. The summed E-state index contributed by atoms with van der Waals surface area (Å²) in [6.07, 6.45) is 6.52. The molecule has 3 rings (SSSR count). The van der Waals surface area contributed by atoms with Crippen LogP contribution in [0.15, 0.2) is 30.6 Å². The van der Waals surface area contributed by atoms with E-state index in [4.69, 9.17) is 5.73 Å². The molecule has 6 nitrogen and oxygen atoms in total. The van der Waals surface area contributed by atoms with Crippen LogP contribution in [0.4, 0.5) is 5.82 Å². The Kier molecular flexibility index (Phi) is 4.75. The number of aromatic amines is 1. The number of pyridine rings is 2. The number of rotatable bonds is 5. The van der Waals surface area contributed by atoms with E-state index in [0.29, 0.717) is 11.3 Å². The van der Waals surface area contributed by atoms with Crippen LogP contribution in [0, 0.1) is 18.3 Å². The van der Waals surface area contributed by atoms with Crippen LogP contribution in [0.5, 0.6) is 0 Å². The molecule has 25 heavy (non-hydrogen) atoms. The first kappa shape index (κ1) is 16.7. The van der Waals surface area contributed by atoms with Crippen LogP contribution >= 0.6 is 0 Å². The standard InChI is InChI=1S/C19H20N6/c1-3-4-8-16-23-11-15(24-16)17-12(2)18(14-7-5-6-9-22-14)25-19(21)13(17)10-20/h5-7,9,11H,3-4,8H2,1-2H3,(H2,21,25)(H,23,24). The number of hydrogen-bond acceptors (Lipinski definition) is 5. The van der Waals surface area contributed by atoms with Gasteiger partial charge in [-0.05, 0) is 31.0 Å². The largest absolute Gasteiger partial charge is 0.383 e. The number of nitriles is 1. The summed E-state index contributed by atoms with van der Waals surface area (Å²) in [5.41, 5.74) is 10.2. The minimum atomic E-state index is 0.202. The van der Waals surface area contributed by atoms with Crippen LogP contribution in [-0.4, -0.2) is 19.9 Å². The van der Waals surface area contributed by atoms with Gasteiger partial charge in [0.05, 0.1) is 23.3 Å². The highest BCUT2D eigenvalue weighted by molar-refractivity contribution is 5.81. The predicted octanol–water partition coefficient (Wildman–Crippen LogP) is 3.64. The van der Waals surface area contributed by atoms with E-state index in [1.807, 2.05) is 25.1 Å². The van der Waals surface area contributed by atoms with Gasteiger partial charge < -0.3 is 10.7 Å². The van der Waals surface area contributed by atoms with Crippen molar-refractivity contribution in [3.05, 3.63) is 47.5 Å². The summed E-state index contributed by atoms with van der Waals surface area (Å²) >= 11 is 0. The fraction of sp³-hybridized carbons (Fsp3) is 0.263. The maximum absolute atomic E-state index is 9.57. The molecule has 0 saturated carbocycles. The van der Waals surface area contributed by atoms with Gasteiger partial charge in [-0.2, -0.15) is 5.26 Å². The molecule has 0 radical (unpaired) electrons. The van der Waals surface area contributed by atoms with Crippen molar-refractivity contribution in [3.8, 4) is 28.7 Å². The van der Waals surface area contributed by atoms with Crippen LogP contribution in [0.1, 0.15) is 36.7 Å². The van der Waals surface area contributed by atoms with Gasteiger partial charge in [0.1, 0.15) is 23.3 Å². The summed E-state index contributed by atoms with van der Waals surface area (Å²) in [5.74, 6) is 1.11. The predicted molar refractivity (Wildman–Crippen MR) is 97.5 cm³/mol. The van der Waals surface area contributed by atoms with Crippen molar-refractivity contribution >= 4 is 5.82 Å². The summed E-state index contributed by atoms with van der Waals surface area (Å²) in [5, 5.41) is 9.57. The number of aromatic nitrogens is 4. The first-order valence-corrected chi connectivity index (χ1v) is 8.31. The van der Waals surface area contributed by atoms with E-state index in [2.05, 4.69) is 32.9 Å². The molecule has 0 atom stereocenters. The second-order valence-corrected chi connectivity index (χ2v) is 5.89. The lowest BCUT2D eigenvalue weighted by molar-refractivity contribution is 0.763. The zero-order chi connectivity index (χ0) is 17.8. The van der Waals surface area contributed by atoms with E-state index in [0.717, 1.165) is 47.6 Å². The van der Waals surface area contributed by atoms with Gasteiger partial charge >= 0.3 is 0 Å². The molecule has 0 aliphatic heterocycles. The maximum atomic E-state index is 9.57. The monoisotopic (exact) mass is 332 g/mol. The average molecular weight is 332 g/mol. The summed E-state index contributed by atoms with van der Waals surface area (Å²) in [6, 6.07) is 7.81. The number of anilines is 1. The summed E-state index contributed by atoms with van der Waals surface area (Å²) in [7, 11) is 0. The van der Waals surface area contributed by atoms with Crippen molar-refractivity contribution in [2.45, 2.75) is 33.1 Å². The topological polar surface area (TPSA) is 104 Å². The Bertz CT molecular complexity index is 921. The zero-order valence-corrected chi connectivity index (χ0v) is 14.4. The normalized spacial score (nSPS) is 10.6. The number of H-pyrrole nitrogens is 1. The first-order valence-electron chi connectivity index (χ1n) is 8.31. The van der Waals surface area contributed by atoms with Crippen molar-refractivity contribution in [2.24, 2.45) is 0 Å². The third-order valence-corrected chi connectivity index (χ3v) is 4.15. The van der Waals surface area contributed by atoms with Gasteiger partial charge in [0.15, 0.2) is 0 Å². The van der Waals surface area contributed by atoms with Crippen molar-refractivity contribution in [3.63, 3.8) is 0 Å². The third kappa shape index (κ3) is 3.22. The maximum Gasteiger partial charge on any atom is 0.142 e. The summed E-state index contributed by atoms with van der Waals surface area (Å²) < 4.78 is 0. The van der Waals surface area contributed by atoms with Crippen LogP contribution in [0.25, 0.3) is 22.6 Å². The summed E-state index contributed by atoms with van der Waals surface area (Å²) in [6.45, 7) is 4.07. The molecule has 6 heteroatoms. The number of nitrogens with one attached hydrogen (secondary N) is 1. The highest BCUT2D eigenvalue weighted by Gasteiger charge is 2.20. The molecule has 0 fully saturated rings. The van der Waals surface area contributed by atoms with Gasteiger partial charge in [0.25, 0.3) is 0 Å². The molecule has 0 amide bonds. The van der Waals surface area contributed by atoms with Gasteiger partial charge in [0.2, 0.25) is 0 Å². The quantitative estimate of drug-likeness (QED) is 0.742. The molecule has 0 spiro atoms. The van der Waals surface area contributed by atoms with E-state index in [9.17, 15) is 5.26 Å². The van der Waals surface area contributed by atoms with Gasteiger partial charge in [-0.1, -0.05) is 19.4 Å². The lowest BCUT2D eigenvalue weighted by atomic mass is 9.98. The van der Waals surface area contributed by atoms with Gasteiger partial charge in [-0.25, -0.2) is 9.97 Å². The minimum absolute atomic E-state index is 0.202. The van der Waals surface area contributed by atoms with E-state index < -0.39 is 0 Å². The third-order valence-electron chi connectivity index (χ3n) is 4.15. The molecule has 3 aromatic heterocycles. The van der Waals surface area contributed by atoms with Gasteiger partial charge in [-0.3, -0.25) is 4.98 Å². The molecule has 0 aromatic carbocycles. The Hall–Kier alpha value is -3.20. The Labute approximate surface area is 146 Å². The Morgan fingerprint density at radius 3 is 2.80 bits per heavy atom. The van der Waals surface area contributed by atoms with Crippen LogP contribution in [0.3, 0.4) is 0 Å². The molecule has 0 aliphatic rings. The molecule has 3 N–H and O–H groups in total. The number of unbranched alkanes of at least 4 members (excludes halogenated alkanes) is 1. The van der Waals surface area contributed by atoms with E-state index in [-0.39, 0.29) is 5.82 Å². The Balaban J connectivity index is 2.16.